The number of thioether (sulfide) groups is 1. The van der Waals surface area contributed by atoms with Crippen LogP contribution in [0.2, 0.25) is 0 Å². The van der Waals surface area contributed by atoms with Crippen molar-refractivity contribution < 1.29 is 13.6 Å². The average Bonchev–Trinajstić information content (AvgIpc) is 2.35. The molecule has 1 atom stereocenters. The second-order valence-corrected chi connectivity index (χ2v) is 5.58. The maximum Gasteiger partial charge on any atom is 0.179 e. The Bertz CT molecular complexity index is 439. The van der Waals surface area contributed by atoms with E-state index in [2.05, 4.69) is 0 Å². The molecule has 0 heterocycles. The van der Waals surface area contributed by atoms with Gasteiger partial charge < -0.3 is 0 Å². The van der Waals surface area contributed by atoms with E-state index in [4.69, 9.17) is 0 Å². The number of likely N-dealkylation sites (N-methyl/N-ethyl adjacent to an activating group) is 1. The molecule has 2 nitrogen and oxygen atoms in total. The lowest BCUT2D eigenvalue weighted by molar-refractivity contribution is 0.0919. The van der Waals surface area contributed by atoms with E-state index in [1.54, 1.807) is 11.8 Å². The van der Waals surface area contributed by atoms with Gasteiger partial charge in [-0.3, -0.25) is 9.69 Å². The normalized spacial score (nSPS) is 12.7. The molecular formula is C14H19F2NOS. The second kappa shape index (κ2) is 7.60. The summed E-state index contributed by atoms with van der Waals surface area (Å²) in [6.07, 6.45) is 3.00. The quantitative estimate of drug-likeness (QED) is 0.718. The molecule has 0 amide bonds. The van der Waals surface area contributed by atoms with Crippen LogP contribution in [0.25, 0.3) is 0 Å². The van der Waals surface area contributed by atoms with Gasteiger partial charge >= 0.3 is 0 Å². The van der Waals surface area contributed by atoms with Crippen LogP contribution in [-0.4, -0.2) is 42.3 Å². The fraction of sp³-hybridized carbons (Fsp3) is 0.500. The smallest absolute Gasteiger partial charge is 0.179 e. The Morgan fingerprint density at radius 2 is 2.11 bits per heavy atom. The molecule has 0 aliphatic rings. The summed E-state index contributed by atoms with van der Waals surface area (Å²) in [6, 6.07) is 3.30. The van der Waals surface area contributed by atoms with Crippen molar-refractivity contribution in [2.45, 2.75) is 19.4 Å². The molecule has 1 unspecified atom stereocenters. The number of halogens is 2. The fourth-order valence-electron chi connectivity index (χ4n) is 1.69. The topological polar surface area (TPSA) is 20.3 Å². The standard InChI is InChI=1S/C14H19F2NOS/c1-10(6-7-19-3)17(2)9-14(18)12-5-4-11(15)8-13(12)16/h4-5,8,10H,6-7,9H2,1-3H3. The molecule has 0 spiro atoms. The first-order chi connectivity index (χ1) is 8.95. The van der Waals surface area contributed by atoms with Gasteiger partial charge in [-0.25, -0.2) is 8.78 Å². The van der Waals surface area contributed by atoms with Gasteiger partial charge in [0.25, 0.3) is 0 Å². The summed E-state index contributed by atoms with van der Waals surface area (Å²) in [7, 11) is 1.84. The zero-order chi connectivity index (χ0) is 14.4. The number of ketones is 1. The van der Waals surface area contributed by atoms with E-state index in [1.807, 2.05) is 25.1 Å². The van der Waals surface area contributed by atoms with Gasteiger partial charge in [0.05, 0.1) is 12.1 Å². The zero-order valence-corrected chi connectivity index (χ0v) is 12.3. The number of Topliss-reactive ketones (excluding diaryl/α,β-unsaturated/α-hetero) is 1. The minimum atomic E-state index is -0.796. The van der Waals surface area contributed by atoms with Crippen LogP contribution in [0.15, 0.2) is 18.2 Å². The Morgan fingerprint density at radius 3 is 2.68 bits per heavy atom. The number of nitrogens with zero attached hydrogens (tertiary/aromatic N) is 1. The minimum absolute atomic E-state index is 0.0506. The summed E-state index contributed by atoms with van der Waals surface area (Å²) in [5.74, 6) is -0.771. The molecule has 0 aliphatic carbocycles. The zero-order valence-electron chi connectivity index (χ0n) is 11.5. The van der Waals surface area contributed by atoms with Crippen molar-refractivity contribution in [1.29, 1.82) is 0 Å². The molecule has 0 fully saturated rings. The molecule has 0 bridgehead atoms. The largest absolute Gasteiger partial charge is 0.296 e. The summed E-state index contributed by atoms with van der Waals surface area (Å²) < 4.78 is 26.2. The van der Waals surface area contributed by atoms with Gasteiger partial charge in [-0.15, -0.1) is 0 Å². The fourth-order valence-corrected chi connectivity index (χ4v) is 2.27. The number of carbonyl (C=O) groups excluding carboxylic acids is 1. The summed E-state index contributed by atoms with van der Waals surface area (Å²) in [6.45, 7) is 2.17. The molecule has 19 heavy (non-hydrogen) atoms. The first-order valence-corrected chi connectivity index (χ1v) is 7.52. The maximum absolute atomic E-state index is 13.5. The van der Waals surface area contributed by atoms with Crippen LogP contribution in [0, 0.1) is 11.6 Å². The van der Waals surface area contributed by atoms with E-state index in [9.17, 15) is 13.6 Å². The van der Waals surface area contributed by atoms with E-state index in [0.29, 0.717) is 0 Å². The molecule has 5 heteroatoms. The molecule has 0 saturated carbocycles. The van der Waals surface area contributed by atoms with Crippen molar-refractivity contribution in [2.24, 2.45) is 0 Å². The van der Waals surface area contributed by atoms with Crippen LogP contribution in [0.1, 0.15) is 23.7 Å². The Labute approximate surface area is 117 Å². The van der Waals surface area contributed by atoms with E-state index in [-0.39, 0.29) is 23.9 Å². The Kier molecular flexibility index (Phi) is 6.45. The predicted octanol–water partition coefficient (Wildman–Crippen LogP) is 3.22. The van der Waals surface area contributed by atoms with Crippen LogP contribution in [0.4, 0.5) is 8.78 Å². The summed E-state index contributed by atoms with van der Waals surface area (Å²) in [5, 5.41) is 0. The van der Waals surface area contributed by atoms with Gasteiger partial charge in [0.1, 0.15) is 11.6 Å². The van der Waals surface area contributed by atoms with Crippen LogP contribution >= 0.6 is 11.8 Å². The molecule has 1 aromatic rings. The first kappa shape index (κ1) is 16.1. The second-order valence-electron chi connectivity index (χ2n) is 4.59. The van der Waals surface area contributed by atoms with Crippen LogP contribution in [-0.2, 0) is 0 Å². The Balaban J connectivity index is 2.63. The maximum atomic E-state index is 13.5. The molecule has 0 N–H and O–H groups in total. The number of hydrogen-bond donors (Lipinski definition) is 0. The van der Waals surface area contributed by atoms with Crippen molar-refractivity contribution in [3.8, 4) is 0 Å². The number of rotatable bonds is 7. The monoisotopic (exact) mass is 287 g/mol. The highest BCUT2D eigenvalue weighted by Gasteiger charge is 2.17. The minimum Gasteiger partial charge on any atom is -0.296 e. The molecular weight excluding hydrogens is 268 g/mol. The lowest BCUT2D eigenvalue weighted by atomic mass is 10.1. The summed E-state index contributed by atoms with van der Waals surface area (Å²) in [5.41, 5.74) is -0.0506. The first-order valence-electron chi connectivity index (χ1n) is 6.13. The van der Waals surface area contributed by atoms with E-state index in [0.717, 1.165) is 24.3 Å². The van der Waals surface area contributed by atoms with Gasteiger partial charge in [0, 0.05) is 12.1 Å². The van der Waals surface area contributed by atoms with E-state index in [1.165, 1.54) is 6.07 Å². The molecule has 1 aromatic carbocycles. The summed E-state index contributed by atoms with van der Waals surface area (Å²) in [4.78, 5) is 13.8. The lowest BCUT2D eigenvalue weighted by Gasteiger charge is -2.23. The van der Waals surface area contributed by atoms with Crippen LogP contribution in [0.3, 0.4) is 0 Å². The molecule has 0 aromatic heterocycles. The Hall–Kier alpha value is -0.940. The number of carbonyl (C=O) groups is 1. The van der Waals surface area contributed by atoms with Crippen LogP contribution < -0.4 is 0 Å². The van der Waals surface area contributed by atoms with Crippen molar-refractivity contribution in [3.05, 3.63) is 35.4 Å². The summed E-state index contributed by atoms with van der Waals surface area (Å²) >= 11 is 1.75. The highest BCUT2D eigenvalue weighted by Crippen LogP contribution is 2.12. The average molecular weight is 287 g/mol. The number of benzene rings is 1. The third kappa shape index (κ3) is 4.91. The van der Waals surface area contributed by atoms with Gasteiger partial charge in [-0.05, 0) is 44.5 Å². The van der Waals surface area contributed by atoms with E-state index >= 15 is 0 Å². The van der Waals surface area contributed by atoms with Gasteiger partial charge in [-0.2, -0.15) is 11.8 Å². The van der Waals surface area contributed by atoms with Crippen LogP contribution in [0.5, 0.6) is 0 Å². The van der Waals surface area contributed by atoms with Crippen molar-refractivity contribution in [1.82, 2.24) is 4.90 Å². The molecule has 0 radical (unpaired) electrons. The van der Waals surface area contributed by atoms with Crippen molar-refractivity contribution in [2.75, 3.05) is 25.6 Å². The van der Waals surface area contributed by atoms with Gasteiger partial charge in [0.15, 0.2) is 5.78 Å². The third-order valence-electron chi connectivity index (χ3n) is 3.12. The molecule has 0 aliphatic heterocycles. The molecule has 1 rings (SSSR count). The SMILES string of the molecule is CSCCC(C)N(C)CC(=O)c1ccc(F)cc1F. The highest BCUT2D eigenvalue weighted by atomic mass is 32.2. The van der Waals surface area contributed by atoms with Crippen molar-refractivity contribution >= 4 is 17.5 Å². The van der Waals surface area contributed by atoms with Gasteiger partial charge in [-0.1, -0.05) is 0 Å². The van der Waals surface area contributed by atoms with Crippen molar-refractivity contribution in [3.63, 3.8) is 0 Å². The predicted molar refractivity (Wildman–Crippen MR) is 75.8 cm³/mol. The third-order valence-corrected chi connectivity index (χ3v) is 3.76. The number of hydrogen-bond acceptors (Lipinski definition) is 3. The Morgan fingerprint density at radius 1 is 1.42 bits per heavy atom. The molecule has 106 valence electrons. The lowest BCUT2D eigenvalue weighted by Crippen LogP contribution is -2.34. The van der Waals surface area contributed by atoms with Gasteiger partial charge in [0.2, 0.25) is 0 Å². The van der Waals surface area contributed by atoms with E-state index < -0.39 is 11.6 Å². The molecule has 0 saturated heterocycles. The highest BCUT2D eigenvalue weighted by molar-refractivity contribution is 7.98.